The van der Waals surface area contributed by atoms with E-state index >= 15 is 0 Å². The van der Waals surface area contributed by atoms with Gasteiger partial charge in [-0.25, -0.2) is 4.79 Å². The molecule has 14 heavy (non-hydrogen) atoms. The number of carbonyl (C=O) groups is 1. The molecular weight excluding hydrogens is 180 g/mol. The molecule has 0 aromatic carbocycles. The second kappa shape index (κ2) is 4.26. The van der Waals surface area contributed by atoms with Gasteiger partial charge in [0.05, 0.1) is 11.7 Å². The summed E-state index contributed by atoms with van der Waals surface area (Å²) in [5.41, 5.74) is 0.890. The van der Waals surface area contributed by atoms with Gasteiger partial charge in [-0.05, 0) is 19.8 Å². The molecule has 1 heterocycles. The summed E-state index contributed by atoms with van der Waals surface area (Å²) in [6.07, 6.45) is 3.56. The van der Waals surface area contributed by atoms with Crippen LogP contribution in [0.15, 0.2) is 6.20 Å². The lowest BCUT2D eigenvalue weighted by molar-refractivity contribution is 0.0696. The molecule has 1 N–H and O–H groups in total. The molecule has 78 valence electrons. The molecule has 1 aromatic rings. The van der Waals surface area contributed by atoms with Crippen molar-refractivity contribution in [3.05, 3.63) is 17.5 Å². The number of aromatic nitrogens is 2. The van der Waals surface area contributed by atoms with Crippen LogP contribution < -0.4 is 0 Å². The van der Waals surface area contributed by atoms with E-state index in [1.807, 2.05) is 0 Å². The quantitative estimate of drug-likeness (QED) is 0.803. The number of nitrogens with zero attached hydrogens (tertiary/aromatic N) is 2. The molecule has 0 saturated heterocycles. The predicted octanol–water partition coefficient (Wildman–Crippen LogP) is 2.25. The average Bonchev–Trinajstić information content (AvgIpc) is 2.50. The van der Waals surface area contributed by atoms with Crippen LogP contribution in [0.1, 0.15) is 48.8 Å². The van der Waals surface area contributed by atoms with E-state index in [9.17, 15) is 4.79 Å². The molecular formula is C10H16N2O2. The highest BCUT2D eigenvalue weighted by atomic mass is 16.4. The lowest BCUT2D eigenvalue weighted by Gasteiger charge is -2.11. The Morgan fingerprint density at radius 1 is 1.57 bits per heavy atom. The highest BCUT2D eigenvalue weighted by Gasteiger charge is 2.15. The Kier molecular flexibility index (Phi) is 3.28. The van der Waals surface area contributed by atoms with Crippen LogP contribution in [0.2, 0.25) is 0 Å². The van der Waals surface area contributed by atoms with Gasteiger partial charge >= 0.3 is 5.97 Å². The molecule has 0 spiro atoms. The third-order valence-corrected chi connectivity index (χ3v) is 2.46. The average molecular weight is 196 g/mol. The van der Waals surface area contributed by atoms with Crippen molar-refractivity contribution >= 4 is 5.97 Å². The lowest BCUT2D eigenvalue weighted by Crippen LogP contribution is -2.07. The molecule has 0 fully saturated rings. The van der Waals surface area contributed by atoms with Crippen LogP contribution in [-0.4, -0.2) is 20.9 Å². The first-order valence-electron chi connectivity index (χ1n) is 4.89. The van der Waals surface area contributed by atoms with Crippen LogP contribution in [0.5, 0.6) is 0 Å². The van der Waals surface area contributed by atoms with Gasteiger partial charge in [-0.15, -0.1) is 0 Å². The Balaban J connectivity index is 3.01. The molecule has 0 radical (unpaired) electrons. The standard InChI is InChI=1S/C10H16N2O2/c1-4-8(5-2)12-6-9(10(13)14)7(3)11-12/h6,8H,4-5H2,1-3H3,(H,13,14). The Hall–Kier alpha value is -1.32. The zero-order valence-electron chi connectivity index (χ0n) is 8.82. The fourth-order valence-electron chi connectivity index (χ4n) is 1.54. The van der Waals surface area contributed by atoms with Crippen molar-refractivity contribution in [2.75, 3.05) is 0 Å². The number of carboxylic acids is 1. The zero-order chi connectivity index (χ0) is 10.7. The third-order valence-electron chi connectivity index (χ3n) is 2.46. The van der Waals surface area contributed by atoms with Gasteiger partial charge in [-0.1, -0.05) is 13.8 Å². The number of carboxylic acid groups (broad SMARTS) is 1. The first-order valence-corrected chi connectivity index (χ1v) is 4.89. The van der Waals surface area contributed by atoms with Crippen LogP contribution in [0.4, 0.5) is 0 Å². The van der Waals surface area contributed by atoms with Crippen LogP contribution in [-0.2, 0) is 0 Å². The van der Waals surface area contributed by atoms with E-state index in [2.05, 4.69) is 18.9 Å². The largest absolute Gasteiger partial charge is 0.478 e. The number of aryl methyl sites for hydroxylation is 1. The molecule has 0 bridgehead atoms. The smallest absolute Gasteiger partial charge is 0.339 e. The van der Waals surface area contributed by atoms with Gasteiger partial charge < -0.3 is 5.11 Å². The molecule has 0 aliphatic carbocycles. The third kappa shape index (κ3) is 1.95. The fourth-order valence-corrected chi connectivity index (χ4v) is 1.54. The summed E-state index contributed by atoms with van der Waals surface area (Å²) in [7, 11) is 0. The monoisotopic (exact) mass is 196 g/mol. The molecule has 0 aliphatic heterocycles. The minimum absolute atomic E-state index is 0.303. The summed E-state index contributed by atoms with van der Waals surface area (Å²) in [6, 6.07) is 0.307. The molecule has 4 heteroatoms. The van der Waals surface area contributed by atoms with E-state index in [0.29, 0.717) is 17.3 Å². The van der Waals surface area contributed by atoms with Crippen molar-refractivity contribution in [1.29, 1.82) is 0 Å². The summed E-state index contributed by atoms with van der Waals surface area (Å²) in [6.45, 7) is 5.87. The predicted molar refractivity (Wildman–Crippen MR) is 53.5 cm³/mol. The van der Waals surface area contributed by atoms with Gasteiger partial charge in [0.1, 0.15) is 5.56 Å². The first-order chi connectivity index (χ1) is 6.60. The molecule has 0 amide bonds. The fraction of sp³-hybridized carbons (Fsp3) is 0.600. The number of hydrogen-bond acceptors (Lipinski definition) is 2. The van der Waals surface area contributed by atoms with E-state index in [4.69, 9.17) is 5.11 Å². The van der Waals surface area contributed by atoms with Crippen molar-refractivity contribution in [1.82, 2.24) is 9.78 Å². The van der Waals surface area contributed by atoms with E-state index in [1.54, 1.807) is 17.8 Å². The molecule has 0 saturated carbocycles. The topological polar surface area (TPSA) is 55.1 Å². The van der Waals surface area contributed by atoms with Crippen molar-refractivity contribution < 1.29 is 9.90 Å². The highest BCUT2D eigenvalue weighted by molar-refractivity contribution is 5.88. The van der Waals surface area contributed by atoms with Gasteiger partial charge in [0.25, 0.3) is 0 Å². The molecule has 0 unspecified atom stereocenters. The minimum Gasteiger partial charge on any atom is -0.478 e. The summed E-state index contributed by atoms with van der Waals surface area (Å²) in [5.74, 6) is -0.903. The van der Waals surface area contributed by atoms with Crippen LogP contribution in [0.3, 0.4) is 0 Å². The minimum atomic E-state index is -0.903. The highest BCUT2D eigenvalue weighted by Crippen LogP contribution is 2.16. The number of aromatic carboxylic acids is 1. The Morgan fingerprint density at radius 3 is 2.50 bits per heavy atom. The summed E-state index contributed by atoms with van der Waals surface area (Å²) in [5, 5.41) is 13.1. The maximum atomic E-state index is 10.8. The van der Waals surface area contributed by atoms with Gasteiger partial charge in [0.2, 0.25) is 0 Å². The lowest BCUT2D eigenvalue weighted by atomic mass is 10.2. The van der Waals surface area contributed by atoms with Gasteiger partial charge in [-0.3, -0.25) is 4.68 Å². The number of hydrogen-bond donors (Lipinski definition) is 1. The maximum Gasteiger partial charge on any atom is 0.339 e. The Bertz CT molecular complexity index is 327. The second-order valence-electron chi connectivity index (χ2n) is 3.38. The van der Waals surface area contributed by atoms with Crippen molar-refractivity contribution in [3.8, 4) is 0 Å². The van der Waals surface area contributed by atoms with Crippen molar-refractivity contribution in [2.24, 2.45) is 0 Å². The maximum absolute atomic E-state index is 10.8. The zero-order valence-corrected chi connectivity index (χ0v) is 8.82. The van der Waals surface area contributed by atoms with Crippen LogP contribution >= 0.6 is 0 Å². The second-order valence-corrected chi connectivity index (χ2v) is 3.38. The molecule has 4 nitrogen and oxygen atoms in total. The van der Waals surface area contributed by atoms with E-state index in [0.717, 1.165) is 12.8 Å². The van der Waals surface area contributed by atoms with Crippen molar-refractivity contribution in [3.63, 3.8) is 0 Å². The molecule has 1 rings (SSSR count). The molecule has 1 aromatic heterocycles. The van der Waals surface area contributed by atoms with Gasteiger partial charge in [-0.2, -0.15) is 5.10 Å². The Morgan fingerprint density at radius 2 is 2.14 bits per heavy atom. The van der Waals surface area contributed by atoms with E-state index < -0.39 is 5.97 Å². The van der Waals surface area contributed by atoms with Gasteiger partial charge in [0.15, 0.2) is 0 Å². The normalized spacial score (nSPS) is 10.9. The first kappa shape index (κ1) is 10.8. The van der Waals surface area contributed by atoms with Crippen LogP contribution in [0, 0.1) is 6.92 Å². The van der Waals surface area contributed by atoms with E-state index in [-0.39, 0.29) is 0 Å². The molecule has 0 aliphatic rings. The summed E-state index contributed by atoms with van der Waals surface area (Å²) < 4.78 is 1.76. The van der Waals surface area contributed by atoms with E-state index in [1.165, 1.54) is 0 Å². The molecule has 0 atom stereocenters. The van der Waals surface area contributed by atoms with Gasteiger partial charge in [0, 0.05) is 6.20 Å². The van der Waals surface area contributed by atoms with Crippen LogP contribution in [0.25, 0.3) is 0 Å². The van der Waals surface area contributed by atoms with Crippen molar-refractivity contribution in [2.45, 2.75) is 39.7 Å². The Labute approximate surface area is 83.5 Å². The number of rotatable bonds is 4. The SMILES string of the molecule is CCC(CC)n1cc(C(=O)O)c(C)n1. The summed E-state index contributed by atoms with van der Waals surface area (Å²) >= 11 is 0. The summed E-state index contributed by atoms with van der Waals surface area (Å²) in [4.78, 5) is 10.8.